The Morgan fingerprint density at radius 2 is 2.15 bits per heavy atom. The third kappa shape index (κ3) is 3.20. The smallest absolute Gasteiger partial charge is 0.254 e. The van der Waals surface area contributed by atoms with Gasteiger partial charge in [-0.3, -0.25) is 9.48 Å². The summed E-state index contributed by atoms with van der Waals surface area (Å²) in [6, 6.07) is 0.442. The van der Waals surface area contributed by atoms with Gasteiger partial charge in [-0.25, -0.2) is 0 Å². The Kier molecular flexibility index (Phi) is 4.81. The van der Waals surface area contributed by atoms with E-state index >= 15 is 0 Å². The van der Waals surface area contributed by atoms with E-state index in [1.807, 2.05) is 25.5 Å². The van der Waals surface area contributed by atoms with E-state index in [-0.39, 0.29) is 18.4 Å². The Hall–Kier alpha value is -1.36. The molecule has 1 aliphatic rings. The standard InChI is InChI=1S/C15H25N3O2/c1-10(2)14(19)9-16-15(20)13-8-17-18(11(13)3)12-6-4-5-7-12/h8,10,12,14,19H,4-7,9H2,1-3H3,(H,16,20). The van der Waals surface area contributed by atoms with Crippen LogP contribution in [-0.2, 0) is 0 Å². The van der Waals surface area contributed by atoms with Crippen LogP contribution in [0.3, 0.4) is 0 Å². The Morgan fingerprint density at radius 1 is 1.50 bits per heavy atom. The van der Waals surface area contributed by atoms with Crippen molar-refractivity contribution in [3.63, 3.8) is 0 Å². The van der Waals surface area contributed by atoms with Gasteiger partial charge in [0.25, 0.3) is 5.91 Å². The van der Waals surface area contributed by atoms with Gasteiger partial charge in [-0.15, -0.1) is 0 Å². The predicted octanol–water partition coefficient (Wildman–Crippen LogP) is 2.05. The Morgan fingerprint density at radius 3 is 2.75 bits per heavy atom. The van der Waals surface area contributed by atoms with Crippen LogP contribution in [0, 0.1) is 12.8 Å². The summed E-state index contributed by atoms with van der Waals surface area (Å²) in [4.78, 5) is 12.1. The molecular formula is C15H25N3O2. The van der Waals surface area contributed by atoms with Crippen molar-refractivity contribution in [3.05, 3.63) is 17.5 Å². The molecule has 1 heterocycles. The summed E-state index contributed by atoms with van der Waals surface area (Å²) in [6.45, 7) is 6.09. The van der Waals surface area contributed by atoms with Crippen molar-refractivity contribution >= 4 is 5.91 Å². The lowest BCUT2D eigenvalue weighted by atomic mass is 10.1. The lowest BCUT2D eigenvalue weighted by Crippen LogP contribution is -2.34. The first-order valence-electron chi connectivity index (χ1n) is 7.51. The minimum Gasteiger partial charge on any atom is -0.391 e. The van der Waals surface area contributed by atoms with E-state index in [2.05, 4.69) is 10.4 Å². The summed E-state index contributed by atoms with van der Waals surface area (Å²) in [6.07, 6.45) is 5.91. The van der Waals surface area contributed by atoms with Gasteiger partial charge in [-0.1, -0.05) is 26.7 Å². The molecule has 2 N–H and O–H groups in total. The zero-order valence-electron chi connectivity index (χ0n) is 12.6. The summed E-state index contributed by atoms with van der Waals surface area (Å²) in [5, 5.41) is 16.9. The molecule has 0 radical (unpaired) electrons. The van der Waals surface area contributed by atoms with Crippen LogP contribution >= 0.6 is 0 Å². The first-order valence-corrected chi connectivity index (χ1v) is 7.51. The number of amides is 1. The van der Waals surface area contributed by atoms with Gasteiger partial charge in [-0.2, -0.15) is 5.10 Å². The Bertz CT molecular complexity index is 462. The van der Waals surface area contributed by atoms with Gasteiger partial charge in [0, 0.05) is 12.2 Å². The molecule has 0 spiro atoms. The zero-order valence-corrected chi connectivity index (χ0v) is 12.6. The fraction of sp³-hybridized carbons (Fsp3) is 0.733. The molecular weight excluding hydrogens is 254 g/mol. The molecule has 5 heteroatoms. The number of aliphatic hydroxyl groups excluding tert-OH is 1. The molecule has 20 heavy (non-hydrogen) atoms. The van der Waals surface area contributed by atoms with Gasteiger partial charge in [0.05, 0.1) is 23.9 Å². The third-order valence-corrected chi connectivity index (χ3v) is 4.20. The molecule has 0 aliphatic heterocycles. The molecule has 1 atom stereocenters. The molecule has 1 amide bonds. The topological polar surface area (TPSA) is 67.2 Å². The highest BCUT2D eigenvalue weighted by Gasteiger charge is 2.22. The van der Waals surface area contributed by atoms with Crippen LogP contribution in [0.2, 0.25) is 0 Å². The maximum absolute atomic E-state index is 12.1. The van der Waals surface area contributed by atoms with Gasteiger partial charge in [0.15, 0.2) is 0 Å². The number of carbonyl (C=O) groups is 1. The van der Waals surface area contributed by atoms with Gasteiger partial charge < -0.3 is 10.4 Å². The molecule has 1 aromatic rings. The Balaban J connectivity index is 2.00. The number of aliphatic hydroxyl groups is 1. The molecule has 0 aromatic carbocycles. The van der Waals surface area contributed by atoms with Crippen LogP contribution in [0.25, 0.3) is 0 Å². The maximum atomic E-state index is 12.1. The summed E-state index contributed by atoms with van der Waals surface area (Å²) < 4.78 is 1.99. The normalized spacial score (nSPS) is 17.6. The lowest BCUT2D eigenvalue weighted by molar-refractivity contribution is 0.0871. The molecule has 2 rings (SSSR count). The van der Waals surface area contributed by atoms with Crippen LogP contribution in [0.4, 0.5) is 0 Å². The van der Waals surface area contributed by atoms with Gasteiger partial charge in [-0.05, 0) is 25.7 Å². The van der Waals surface area contributed by atoms with Gasteiger partial charge >= 0.3 is 0 Å². The molecule has 5 nitrogen and oxygen atoms in total. The third-order valence-electron chi connectivity index (χ3n) is 4.20. The highest BCUT2D eigenvalue weighted by Crippen LogP contribution is 2.30. The minimum atomic E-state index is -0.510. The summed E-state index contributed by atoms with van der Waals surface area (Å²) >= 11 is 0. The number of nitrogens with one attached hydrogen (secondary N) is 1. The monoisotopic (exact) mass is 279 g/mol. The summed E-state index contributed by atoms with van der Waals surface area (Å²) in [5.74, 6) is -0.0101. The van der Waals surface area contributed by atoms with E-state index in [0.29, 0.717) is 11.6 Å². The molecule has 0 bridgehead atoms. The van der Waals surface area contributed by atoms with Crippen molar-refractivity contribution in [2.75, 3.05) is 6.54 Å². The van der Waals surface area contributed by atoms with E-state index in [9.17, 15) is 9.90 Å². The van der Waals surface area contributed by atoms with Gasteiger partial charge in [0.1, 0.15) is 0 Å². The lowest BCUT2D eigenvalue weighted by Gasteiger charge is -2.15. The number of rotatable bonds is 5. The molecule has 1 fully saturated rings. The number of hydrogen-bond acceptors (Lipinski definition) is 3. The largest absolute Gasteiger partial charge is 0.391 e. The average Bonchev–Trinajstić information content (AvgIpc) is 3.04. The second-order valence-corrected chi connectivity index (χ2v) is 6.05. The maximum Gasteiger partial charge on any atom is 0.254 e. The van der Waals surface area contributed by atoms with E-state index < -0.39 is 6.10 Å². The van der Waals surface area contributed by atoms with Crippen LogP contribution in [0.15, 0.2) is 6.20 Å². The zero-order chi connectivity index (χ0) is 14.7. The van der Waals surface area contributed by atoms with E-state index in [1.54, 1.807) is 6.20 Å². The Labute approximate surface area is 120 Å². The van der Waals surface area contributed by atoms with Crippen LogP contribution in [0.5, 0.6) is 0 Å². The average molecular weight is 279 g/mol. The van der Waals surface area contributed by atoms with Gasteiger partial charge in [0.2, 0.25) is 0 Å². The second-order valence-electron chi connectivity index (χ2n) is 6.05. The van der Waals surface area contributed by atoms with Crippen molar-refractivity contribution < 1.29 is 9.90 Å². The van der Waals surface area contributed by atoms with E-state index in [1.165, 1.54) is 12.8 Å². The number of hydrogen-bond donors (Lipinski definition) is 2. The second kappa shape index (κ2) is 6.39. The molecule has 0 saturated heterocycles. The number of carbonyl (C=O) groups excluding carboxylic acids is 1. The van der Waals surface area contributed by atoms with Crippen molar-refractivity contribution in [3.8, 4) is 0 Å². The molecule has 1 unspecified atom stereocenters. The fourth-order valence-electron chi connectivity index (χ4n) is 2.69. The molecule has 1 aliphatic carbocycles. The minimum absolute atomic E-state index is 0.137. The first-order chi connectivity index (χ1) is 9.50. The van der Waals surface area contributed by atoms with E-state index in [0.717, 1.165) is 18.5 Å². The molecule has 1 saturated carbocycles. The number of nitrogens with zero attached hydrogens (tertiary/aromatic N) is 2. The van der Waals surface area contributed by atoms with Crippen molar-refractivity contribution in [2.24, 2.45) is 5.92 Å². The predicted molar refractivity (Wildman–Crippen MR) is 77.6 cm³/mol. The van der Waals surface area contributed by atoms with Crippen LogP contribution in [0.1, 0.15) is 61.6 Å². The first kappa shape index (κ1) is 15.0. The van der Waals surface area contributed by atoms with Crippen LogP contribution < -0.4 is 5.32 Å². The highest BCUT2D eigenvalue weighted by atomic mass is 16.3. The molecule has 112 valence electrons. The van der Waals surface area contributed by atoms with E-state index in [4.69, 9.17) is 0 Å². The quantitative estimate of drug-likeness (QED) is 0.867. The highest BCUT2D eigenvalue weighted by molar-refractivity contribution is 5.95. The van der Waals surface area contributed by atoms with Crippen molar-refractivity contribution in [1.29, 1.82) is 0 Å². The van der Waals surface area contributed by atoms with Crippen LogP contribution in [-0.4, -0.2) is 33.4 Å². The molecule has 1 aromatic heterocycles. The van der Waals surface area contributed by atoms with Crippen molar-refractivity contribution in [1.82, 2.24) is 15.1 Å². The SMILES string of the molecule is Cc1c(C(=O)NCC(O)C(C)C)cnn1C1CCCC1. The fourth-order valence-corrected chi connectivity index (χ4v) is 2.69. The van der Waals surface area contributed by atoms with Crippen molar-refractivity contribution in [2.45, 2.75) is 58.6 Å². The summed E-state index contributed by atoms with van der Waals surface area (Å²) in [7, 11) is 0. The number of aromatic nitrogens is 2. The summed E-state index contributed by atoms with van der Waals surface area (Å²) in [5.41, 5.74) is 1.54.